The fraction of sp³-hybridized carbons (Fsp3) is 0.357. The van der Waals surface area contributed by atoms with Crippen molar-refractivity contribution >= 4 is 5.69 Å². The van der Waals surface area contributed by atoms with Crippen LogP contribution in [0.15, 0.2) is 24.4 Å². The number of hydrogen-bond donors (Lipinski definition) is 2. The lowest BCUT2D eigenvalue weighted by molar-refractivity contribution is 0.432. The van der Waals surface area contributed by atoms with E-state index >= 15 is 0 Å². The Kier molecular flexibility index (Phi) is 3.74. The van der Waals surface area contributed by atoms with Crippen molar-refractivity contribution in [1.29, 1.82) is 0 Å². The summed E-state index contributed by atoms with van der Waals surface area (Å²) in [4.78, 5) is 0. The smallest absolute Gasteiger partial charge is 0.165 e. The quantitative estimate of drug-likeness (QED) is 0.890. The molecule has 0 aliphatic rings. The number of anilines is 1. The zero-order chi connectivity index (χ0) is 14.0. The zero-order valence-electron chi connectivity index (χ0n) is 11.3. The van der Waals surface area contributed by atoms with E-state index in [9.17, 15) is 4.39 Å². The van der Waals surface area contributed by atoms with Crippen LogP contribution in [0.3, 0.4) is 0 Å². The van der Waals surface area contributed by atoms with Crippen molar-refractivity contribution in [3.05, 3.63) is 41.5 Å². The van der Waals surface area contributed by atoms with Crippen LogP contribution in [0.4, 0.5) is 10.1 Å². The van der Waals surface area contributed by atoms with E-state index < -0.39 is 5.82 Å². The second-order valence-electron chi connectivity index (χ2n) is 4.84. The number of phenols is 1. The molecule has 5 heteroatoms. The summed E-state index contributed by atoms with van der Waals surface area (Å²) in [6.07, 6.45) is 1.94. The minimum absolute atomic E-state index is 0.306. The standard InChI is InChI=1S/C14H18FN3O/c1-9(2)18-8-13(10(3)17-18)16-7-11-4-5-14(19)12(15)6-11/h4-6,8-9,16,19H,7H2,1-3H3. The maximum Gasteiger partial charge on any atom is 0.165 e. The van der Waals surface area contributed by atoms with Crippen LogP contribution in [0.5, 0.6) is 5.75 Å². The molecule has 1 aromatic carbocycles. The summed E-state index contributed by atoms with van der Waals surface area (Å²) in [5.74, 6) is -0.929. The number of aryl methyl sites for hydroxylation is 1. The number of benzene rings is 1. The number of hydrogen-bond acceptors (Lipinski definition) is 3. The lowest BCUT2D eigenvalue weighted by atomic mass is 10.2. The molecule has 0 bridgehead atoms. The molecule has 2 N–H and O–H groups in total. The highest BCUT2D eigenvalue weighted by Crippen LogP contribution is 2.19. The summed E-state index contributed by atoms with van der Waals surface area (Å²) in [6.45, 7) is 6.54. The molecule has 0 aliphatic heterocycles. The Morgan fingerprint density at radius 2 is 2.16 bits per heavy atom. The second kappa shape index (κ2) is 5.30. The van der Waals surface area contributed by atoms with Gasteiger partial charge in [0.2, 0.25) is 0 Å². The van der Waals surface area contributed by atoms with E-state index in [1.165, 1.54) is 12.1 Å². The third-order valence-electron chi connectivity index (χ3n) is 2.94. The van der Waals surface area contributed by atoms with E-state index in [0.29, 0.717) is 12.6 Å². The summed E-state index contributed by atoms with van der Waals surface area (Å²) in [7, 11) is 0. The zero-order valence-corrected chi connectivity index (χ0v) is 11.3. The van der Waals surface area contributed by atoms with Gasteiger partial charge < -0.3 is 10.4 Å². The average Bonchev–Trinajstić information content (AvgIpc) is 2.73. The molecule has 0 amide bonds. The van der Waals surface area contributed by atoms with Gasteiger partial charge in [-0.15, -0.1) is 0 Å². The van der Waals surface area contributed by atoms with Crippen LogP contribution in [0, 0.1) is 12.7 Å². The Balaban J connectivity index is 2.07. The van der Waals surface area contributed by atoms with Crippen LogP contribution in [0.25, 0.3) is 0 Å². The largest absolute Gasteiger partial charge is 0.505 e. The maximum absolute atomic E-state index is 13.2. The van der Waals surface area contributed by atoms with E-state index in [1.807, 2.05) is 17.8 Å². The Hall–Kier alpha value is -2.04. The van der Waals surface area contributed by atoms with Crippen LogP contribution in [-0.4, -0.2) is 14.9 Å². The van der Waals surface area contributed by atoms with Crippen LogP contribution in [0.1, 0.15) is 31.1 Å². The van der Waals surface area contributed by atoms with Crippen LogP contribution >= 0.6 is 0 Å². The van der Waals surface area contributed by atoms with Crippen LogP contribution in [-0.2, 0) is 6.54 Å². The summed E-state index contributed by atoms with van der Waals surface area (Å²) in [5.41, 5.74) is 2.61. The predicted octanol–water partition coefficient (Wildman–Crippen LogP) is 3.23. The van der Waals surface area contributed by atoms with E-state index in [0.717, 1.165) is 16.9 Å². The molecule has 0 saturated heterocycles. The highest BCUT2D eigenvalue weighted by Gasteiger charge is 2.07. The van der Waals surface area contributed by atoms with Gasteiger partial charge in [0.15, 0.2) is 11.6 Å². The number of rotatable bonds is 4. The monoisotopic (exact) mass is 263 g/mol. The number of aromatic nitrogens is 2. The maximum atomic E-state index is 13.2. The SMILES string of the molecule is Cc1nn(C(C)C)cc1NCc1ccc(O)c(F)c1. The summed E-state index contributed by atoms with van der Waals surface area (Å²) >= 11 is 0. The molecule has 0 radical (unpaired) electrons. The first-order valence-electron chi connectivity index (χ1n) is 6.24. The van der Waals surface area contributed by atoms with Crippen molar-refractivity contribution in [2.45, 2.75) is 33.4 Å². The first kappa shape index (κ1) is 13.4. The van der Waals surface area contributed by atoms with Gasteiger partial charge in [-0.25, -0.2) is 4.39 Å². The number of nitrogens with zero attached hydrogens (tertiary/aromatic N) is 2. The molecule has 2 rings (SSSR count). The molecule has 0 atom stereocenters. The highest BCUT2D eigenvalue weighted by atomic mass is 19.1. The molecule has 19 heavy (non-hydrogen) atoms. The van der Waals surface area contributed by atoms with Crippen molar-refractivity contribution in [2.75, 3.05) is 5.32 Å². The average molecular weight is 263 g/mol. The third-order valence-corrected chi connectivity index (χ3v) is 2.94. The topological polar surface area (TPSA) is 50.1 Å². The van der Waals surface area contributed by atoms with Crippen molar-refractivity contribution in [2.24, 2.45) is 0 Å². The van der Waals surface area contributed by atoms with Gasteiger partial charge in [-0.3, -0.25) is 4.68 Å². The lowest BCUT2D eigenvalue weighted by Gasteiger charge is -2.06. The van der Waals surface area contributed by atoms with Gasteiger partial charge in [0.1, 0.15) is 0 Å². The molecule has 1 aromatic heterocycles. The Morgan fingerprint density at radius 1 is 1.42 bits per heavy atom. The van der Waals surface area contributed by atoms with Gasteiger partial charge in [-0.1, -0.05) is 6.07 Å². The van der Waals surface area contributed by atoms with Crippen molar-refractivity contribution < 1.29 is 9.50 Å². The Morgan fingerprint density at radius 3 is 2.74 bits per heavy atom. The molecule has 0 saturated carbocycles. The molecule has 0 fully saturated rings. The van der Waals surface area contributed by atoms with Gasteiger partial charge in [-0.2, -0.15) is 5.10 Å². The van der Waals surface area contributed by atoms with Crippen molar-refractivity contribution in [1.82, 2.24) is 9.78 Å². The number of nitrogens with one attached hydrogen (secondary N) is 1. The van der Waals surface area contributed by atoms with E-state index in [1.54, 1.807) is 6.07 Å². The normalized spacial score (nSPS) is 11.0. The fourth-order valence-corrected chi connectivity index (χ4v) is 1.78. The Bertz CT molecular complexity index is 578. The molecule has 0 spiro atoms. The summed E-state index contributed by atoms with van der Waals surface area (Å²) < 4.78 is 15.1. The molecule has 0 aliphatic carbocycles. The molecule has 102 valence electrons. The Labute approximate surface area is 111 Å². The number of halogens is 1. The van der Waals surface area contributed by atoms with Crippen LogP contribution < -0.4 is 5.32 Å². The third kappa shape index (κ3) is 3.05. The predicted molar refractivity (Wildman–Crippen MR) is 72.7 cm³/mol. The summed E-state index contributed by atoms with van der Waals surface area (Å²) in [5, 5.41) is 16.7. The van der Waals surface area contributed by atoms with Gasteiger partial charge >= 0.3 is 0 Å². The first-order chi connectivity index (χ1) is 8.97. The van der Waals surface area contributed by atoms with Crippen molar-refractivity contribution in [3.63, 3.8) is 0 Å². The minimum atomic E-state index is -0.603. The number of phenolic OH excluding ortho intramolecular Hbond substituents is 1. The molecular weight excluding hydrogens is 245 g/mol. The minimum Gasteiger partial charge on any atom is -0.505 e. The van der Waals surface area contributed by atoms with E-state index in [2.05, 4.69) is 24.3 Å². The molecule has 0 unspecified atom stereocenters. The molecule has 2 aromatic rings. The molecule has 4 nitrogen and oxygen atoms in total. The van der Waals surface area contributed by atoms with Gasteiger partial charge in [0.05, 0.1) is 11.4 Å². The highest BCUT2D eigenvalue weighted by molar-refractivity contribution is 5.46. The first-order valence-corrected chi connectivity index (χ1v) is 6.24. The van der Waals surface area contributed by atoms with Gasteiger partial charge in [0, 0.05) is 18.8 Å². The van der Waals surface area contributed by atoms with Gasteiger partial charge in [0.25, 0.3) is 0 Å². The summed E-state index contributed by atoms with van der Waals surface area (Å²) in [6, 6.07) is 4.68. The van der Waals surface area contributed by atoms with E-state index in [-0.39, 0.29) is 5.75 Å². The second-order valence-corrected chi connectivity index (χ2v) is 4.84. The lowest BCUT2D eigenvalue weighted by Crippen LogP contribution is -2.01. The molecular formula is C14H18FN3O. The van der Waals surface area contributed by atoms with Gasteiger partial charge in [-0.05, 0) is 38.5 Å². The number of aromatic hydroxyl groups is 1. The molecule has 1 heterocycles. The van der Waals surface area contributed by atoms with Crippen LogP contribution in [0.2, 0.25) is 0 Å². The van der Waals surface area contributed by atoms with E-state index in [4.69, 9.17) is 5.11 Å². The van der Waals surface area contributed by atoms with Crippen molar-refractivity contribution in [3.8, 4) is 5.75 Å². The fourth-order valence-electron chi connectivity index (χ4n) is 1.78.